The van der Waals surface area contributed by atoms with Crippen molar-refractivity contribution in [3.8, 4) is 5.75 Å². The first kappa shape index (κ1) is 15.6. The Morgan fingerprint density at radius 2 is 2.05 bits per heavy atom. The number of nitrogens with one attached hydrogen (secondary N) is 1. The van der Waals surface area contributed by atoms with Crippen LogP contribution >= 0.6 is 0 Å². The maximum Gasteiger partial charge on any atom is 0.193 e. The van der Waals surface area contributed by atoms with Gasteiger partial charge in [-0.15, -0.1) is 0 Å². The van der Waals surface area contributed by atoms with E-state index in [-0.39, 0.29) is 0 Å². The maximum absolute atomic E-state index is 5.69. The zero-order valence-corrected chi connectivity index (χ0v) is 13.3. The molecule has 21 heavy (non-hydrogen) atoms. The molecular weight excluding hydrogens is 264 g/mol. The Kier molecular flexibility index (Phi) is 5.87. The number of rotatable bonds is 7. The topological polar surface area (TPSA) is 40.1 Å². The van der Waals surface area contributed by atoms with E-state index in [1.807, 2.05) is 26.2 Å². The van der Waals surface area contributed by atoms with Crippen LogP contribution in [0.15, 0.2) is 29.3 Å². The molecular formula is C16H26N4O. The molecule has 1 aromatic rings. The van der Waals surface area contributed by atoms with Crippen LogP contribution in [0.4, 0.5) is 0 Å². The Balaban J connectivity index is 1.69. The van der Waals surface area contributed by atoms with Gasteiger partial charge in [0.1, 0.15) is 12.4 Å². The lowest BCUT2D eigenvalue weighted by molar-refractivity contribution is 0.261. The Bertz CT molecular complexity index is 456. The lowest BCUT2D eigenvalue weighted by atomic mass is 10.1. The summed E-state index contributed by atoms with van der Waals surface area (Å²) in [5, 5.41) is 3.38. The molecule has 0 aromatic heterocycles. The van der Waals surface area contributed by atoms with Gasteiger partial charge in [-0.1, -0.05) is 12.1 Å². The average molecular weight is 290 g/mol. The molecule has 1 heterocycles. The van der Waals surface area contributed by atoms with E-state index < -0.39 is 0 Å². The molecule has 1 aliphatic heterocycles. The SMILES string of the molecule is CN(C)CCOc1ccc(CCNC2=NCCN2C)cc1. The van der Waals surface area contributed by atoms with E-state index in [9.17, 15) is 0 Å². The van der Waals surface area contributed by atoms with Crippen LogP contribution in [0.1, 0.15) is 5.56 Å². The predicted molar refractivity (Wildman–Crippen MR) is 87.1 cm³/mol. The molecule has 1 aromatic carbocycles. The molecule has 0 unspecified atom stereocenters. The zero-order chi connectivity index (χ0) is 15.1. The van der Waals surface area contributed by atoms with E-state index in [1.165, 1.54) is 5.56 Å². The van der Waals surface area contributed by atoms with Gasteiger partial charge in [0.05, 0.1) is 6.54 Å². The number of aliphatic imine (C=N–C) groups is 1. The molecule has 1 aliphatic rings. The number of guanidine groups is 1. The Morgan fingerprint density at radius 3 is 2.67 bits per heavy atom. The van der Waals surface area contributed by atoms with Crippen molar-refractivity contribution in [2.75, 3.05) is 53.9 Å². The molecule has 5 nitrogen and oxygen atoms in total. The van der Waals surface area contributed by atoms with Gasteiger partial charge in [0.15, 0.2) is 5.96 Å². The summed E-state index contributed by atoms with van der Waals surface area (Å²) < 4.78 is 5.69. The second-order valence-electron chi connectivity index (χ2n) is 5.60. The third-order valence-electron chi connectivity index (χ3n) is 3.49. The summed E-state index contributed by atoms with van der Waals surface area (Å²) in [7, 11) is 6.16. The van der Waals surface area contributed by atoms with Crippen LogP contribution in [0.5, 0.6) is 5.75 Å². The van der Waals surface area contributed by atoms with E-state index in [0.29, 0.717) is 0 Å². The van der Waals surface area contributed by atoms with E-state index in [1.54, 1.807) is 0 Å². The minimum Gasteiger partial charge on any atom is -0.492 e. The van der Waals surface area contributed by atoms with E-state index in [4.69, 9.17) is 4.74 Å². The average Bonchev–Trinajstić information content (AvgIpc) is 2.86. The summed E-state index contributed by atoms with van der Waals surface area (Å²) >= 11 is 0. The quantitative estimate of drug-likeness (QED) is 0.815. The number of hydrogen-bond donors (Lipinski definition) is 1. The van der Waals surface area contributed by atoms with Gasteiger partial charge in [0, 0.05) is 26.7 Å². The zero-order valence-electron chi connectivity index (χ0n) is 13.3. The van der Waals surface area contributed by atoms with Crippen LogP contribution in [0.25, 0.3) is 0 Å². The van der Waals surface area contributed by atoms with Gasteiger partial charge < -0.3 is 19.9 Å². The fourth-order valence-electron chi connectivity index (χ4n) is 2.14. The van der Waals surface area contributed by atoms with Gasteiger partial charge in [0.25, 0.3) is 0 Å². The normalized spacial score (nSPS) is 14.5. The number of ether oxygens (including phenoxy) is 1. The molecule has 0 aliphatic carbocycles. The molecule has 0 radical (unpaired) electrons. The molecule has 0 bridgehead atoms. The highest BCUT2D eigenvalue weighted by atomic mass is 16.5. The predicted octanol–water partition coefficient (Wildman–Crippen LogP) is 1.06. The van der Waals surface area contributed by atoms with Gasteiger partial charge in [-0.3, -0.25) is 4.99 Å². The third-order valence-corrected chi connectivity index (χ3v) is 3.49. The summed E-state index contributed by atoms with van der Waals surface area (Å²) in [4.78, 5) is 8.69. The van der Waals surface area contributed by atoms with Gasteiger partial charge in [0.2, 0.25) is 0 Å². The minimum absolute atomic E-state index is 0.722. The highest BCUT2D eigenvalue weighted by Gasteiger charge is 2.10. The summed E-state index contributed by atoms with van der Waals surface area (Å²) in [5.74, 6) is 1.95. The maximum atomic E-state index is 5.69. The summed E-state index contributed by atoms with van der Waals surface area (Å²) in [5.41, 5.74) is 1.31. The lowest BCUT2D eigenvalue weighted by Gasteiger charge is -2.15. The van der Waals surface area contributed by atoms with Crippen molar-refractivity contribution in [1.82, 2.24) is 15.1 Å². The molecule has 0 saturated carbocycles. The molecule has 116 valence electrons. The first-order valence-electron chi connectivity index (χ1n) is 7.51. The molecule has 1 N–H and O–H groups in total. The van der Waals surface area contributed by atoms with Crippen molar-refractivity contribution in [2.24, 2.45) is 4.99 Å². The lowest BCUT2D eigenvalue weighted by Crippen LogP contribution is -2.36. The van der Waals surface area contributed by atoms with Crippen molar-refractivity contribution < 1.29 is 4.74 Å². The molecule has 0 saturated heterocycles. The molecule has 0 amide bonds. The van der Waals surface area contributed by atoms with Crippen molar-refractivity contribution in [3.63, 3.8) is 0 Å². The van der Waals surface area contributed by atoms with Gasteiger partial charge in [-0.2, -0.15) is 0 Å². The minimum atomic E-state index is 0.722. The van der Waals surface area contributed by atoms with E-state index in [0.717, 1.165) is 50.9 Å². The number of benzene rings is 1. The molecule has 0 fully saturated rings. The summed E-state index contributed by atoms with van der Waals surface area (Å²) in [6, 6.07) is 8.36. The van der Waals surface area contributed by atoms with Crippen molar-refractivity contribution in [1.29, 1.82) is 0 Å². The molecule has 0 spiro atoms. The van der Waals surface area contributed by atoms with Gasteiger partial charge in [-0.25, -0.2) is 0 Å². The Labute approximate surface area is 127 Å². The van der Waals surface area contributed by atoms with Crippen LogP contribution in [0.2, 0.25) is 0 Å². The van der Waals surface area contributed by atoms with Crippen LogP contribution in [0, 0.1) is 0 Å². The standard InChI is InChI=1S/C16H26N4O/c1-19(2)12-13-21-15-6-4-14(5-7-15)8-9-17-16-18-10-11-20(16)3/h4-7H,8-13H2,1-3H3,(H,17,18). The van der Waals surface area contributed by atoms with Crippen LogP contribution in [0.3, 0.4) is 0 Å². The fraction of sp³-hybridized carbons (Fsp3) is 0.562. The smallest absolute Gasteiger partial charge is 0.193 e. The molecule has 0 atom stereocenters. The number of hydrogen-bond acceptors (Lipinski definition) is 5. The van der Waals surface area contributed by atoms with Crippen LogP contribution in [-0.4, -0.2) is 69.7 Å². The number of nitrogens with zero attached hydrogens (tertiary/aromatic N) is 3. The fourth-order valence-corrected chi connectivity index (χ4v) is 2.14. The van der Waals surface area contributed by atoms with E-state index in [2.05, 4.69) is 39.3 Å². The largest absolute Gasteiger partial charge is 0.492 e. The van der Waals surface area contributed by atoms with Crippen molar-refractivity contribution in [3.05, 3.63) is 29.8 Å². The number of likely N-dealkylation sites (N-methyl/N-ethyl adjacent to an activating group) is 2. The second kappa shape index (κ2) is 7.88. The van der Waals surface area contributed by atoms with Crippen molar-refractivity contribution >= 4 is 5.96 Å². The second-order valence-corrected chi connectivity index (χ2v) is 5.60. The first-order valence-corrected chi connectivity index (χ1v) is 7.51. The van der Waals surface area contributed by atoms with Crippen LogP contribution < -0.4 is 10.1 Å². The first-order chi connectivity index (χ1) is 10.1. The monoisotopic (exact) mass is 290 g/mol. The molecule has 2 rings (SSSR count). The van der Waals surface area contributed by atoms with E-state index >= 15 is 0 Å². The Morgan fingerprint density at radius 1 is 1.29 bits per heavy atom. The Hall–Kier alpha value is -1.75. The molecule has 5 heteroatoms. The third kappa shape index (κ3) is 5.27. The van der Waals surface area contributed by atoms with Crippen LogP contribution in [-0.2, 0) is 6.42 Å². The van der Waals surface area contributed by atoms with Gasteiger partial charge >= 0.3 is 0 Å². The van der Waals surface area contributed by atoms with Gasteiger partial charge in [-0.05, 0) is 38.2 Å². The summed E-state index contributed by atoms with van der Waals surface area (Å²) in [6.07, 6.45) is 0.991. The summed E-state index contributed by atoms with van der Waals surface area (Å²) in [6.45, 7) is 4.48. The highest BCUT2D eigenvalue weighted by Crippen LogP contribution is 2.12. The highest BCUT2D eigenvalue weighted by molar-refractivity contribution is 5.81. The van der Waals surface area contributed by atoms with Crippen molar-refractivity contribution in [2.45, 2.75) is 6.42 Å².